The Labute approximate surface area is 125 Å². The van der Waals surface area contributed by atoms with E-state index < -0.39 is 0 Å². The van der Waals surface area contributed by atoms with Gasteiger partial charge in [0.15, 0.2) is 0 Å². The first-order valence-electron chi connectivity index (χ1n) is 7.19. The summed E-state index contributed by atoms with van der Waals surface area (Å²) in [5, 5.41) is 9.87. The molecule has 6 heteroatoms. The van der Waals surface area contributed by atoms with Crippen molar-refractivity contribution in [1.82, 2.24) is 4.90 Å². The quantitative estimate of drug-likeness (QED) is 0.822. The molecule has 1 aromatic carbocycles. The highest BCUT2D eigenvalue weighted by molar-refractivity contribution is 5.77. The number of aromatic hydroxyl groups is 1. The Balaban J connectivity index is 1.88. The van der Waals surface area contributed by atoms with Crippen molar-refractivity contribution in [2.75, 3.05) is 44.7 Å². The summed E-state index contributed by atoms with van der Waals surface area (Å²) in [4.78, 5) is 16.1. The number of phenolic OH excluding ortho intramolecular Hbond substituents is 1. The van der Waals surface area contributed by atoms with Gasteiger partial charge in [-0.2, -0.15) is 0 Å². The maximum atomic E-state index is 12.2. The van der Waals surface area contributed by atoms with Crippen LogP contribution in [0.2, 0.25) is 0 Å². The second-order valence-electron chi connectivity index (χ2n) is 5.15. The molecule has 21 heavy (non-hydrogen) atoms. The van der Waals surface area contributed by atoms with E-state index in [2.05, 4.69) is 4.90 Å². The summed E-state index contributed by atoms with van der Waals surface area (Å²) in [7, 11) is 1.57. The number of amides is 1. The number of carbonyl (C=O) groups excluding carboxylic acids is 1. The number of anilines is 1. The molecule has 116 valence electrons. The minimum atomic E-state index is -0.214. The Bertz CT molecular complexity index is 469. The molecule has 1 fully saturated rings. The predicted octanol–water partition coefficient (Wildman–Crippen LogP) is 0.405. The van der Waals surface area contributed by atoms with Gasteiger partial charge in [-0.1, -0.05) is 12.1 Å². The Morgan fingerprint density at radius 2 is 2.00 bits per heavy atom. The number of piperazine rings is 1. The van der Waals surface area contributed by atoms with Crippen LogP contribution in [0.25, 0.3) is 0 Å². The molecule has 1 unspecified atom stereocenters. The third-order valence-electron chi connectivity index (χ3n) is 3.85. The Morgan fingerprint density at radius 1 is 1.33 bits per heavy atom. The number of para-hydroxylation sites is 2. The van der Waals surface area contributed by atoms with Crippen molar-refractivity contribution < 1.29 is 14.6 Å². The summed E-state index contributed by atoms with van der Waals surface area (Å²) in [6, 6.07) is 7.27. The highest BCUT2D eigenvalue weighted by atomic mass is 16.5. The zero-order valence-corrected chi connectivity index (χ0v) is 12.4. The van der Waals surface area contributed by atoms with Crippen LogP contribution in [-0.4, -0.2) is 61.9 Å². The molecule has 1 heterocycles. The van der Waals surface area contributed by atoms with Gasteiger partial charge in [-0.05, 0) is 12.1 Å². The number of hydrogen-bond donors (Lipinski definition) is 2. The molecule has 3 N–H and O–H groups in total. The summed E-state index contributed by atoms with van der Waals surface area (Å²) in [5.74, 6) is 0.351. The number of ether oxygens (including phenoxy) is 1. The molecule has 1 amide bonds. The minimum absolute atomic E-state index is 0.0734. The van der Waals surface area contributed by atoms with Gasteiger partial charge < -0.3 is 25.4 Å². The number of methoxy groups -OCH3 is 1. The number of carbonyl (C=O) groups is 1. The fourth-order valence-electron chi connectivity index (χ4n) is 2.52. The molecule has 1 aliphatic rings. The topological polar surface area (TPSA) is 79.0 Å². The summed E-state index contributed by atoms with van der Waals surface area (Å²) in [6.45, 7) is 3.07. The lowest BCUT2D eigenvalue weighted by atomic mass is 10.2. The van der Waals surface area contributed by atoms with Crippen molar-refractivity contribution in [2.24, 2.45) is 5.73 Å². The lowest BCUT2D eigenvalue weighted by Crippen LogP contribution is -2.49. The molecule has 0 spiro atoms. The van der Waals surface area contributed by atoms with E-state index in [1.54, 1.807) is 19.2 Å². The summed E-state index contributed by atoms with van der Waals surface area (Å²) in [6.07, 6.45) is 0.109. The van der Waals surface area contributed by atoms with Crippen LogP contribution < -0.4 is 10.6 Å². The molecule has 0 radical (unpaired) electrons. The monoisotopic (exact) mass is 293 g/mol. The Kier molecular flexibility index (Phi) is 5.41. The van der Waals surface area contributed by atoms with Crippen LogP contribution in [0.4, 0.5) is 5.69 Å². The molecule has 2 rings (SSSR count). The van der Waals surface area contributed by atoms with Crippen LogP contribution in [0.15, 0.2) is 24.3 Å². The van der Waals surface area contributed by atoms with Crippen molar-refractivity contribution >= 4 is 11.6 Å². The highest BCUT2D eigenvalue weighted by Crippen LogP contribution is 2.27. The summed E-state index contributed by atoms with van der Waals surface area (Å²) >= 11 is 0. The molecule has 1 atom stereocenters. The van der Waals surface area contributed by atoms with Crippen LogP contribution in [0, 0.1) is 0 Å². The number of phenols is 1. The lowest BCUT2D eigenvalue weighted by Gasteiger charge is -2.36. The van der Waals surface area contributed by atoms with E-state index in [1.165, 1.54) is 0 Å². The molecular formula is C15H23N3O3. The second-order valence-corrected chi connectivity index (χ2v) is 5.15. The Hall–Kier alpha value is -1.79. The molecule has 6 nitrogen and oxygen atoms in total. The molecule has 0 bridgehead atoms. The fourth-order valence-corrected chi connectivity index (χ4v) is 2.52. The van der Waals surface area contributed by atoms with E-state index in [0.717, 1.165) is 5.69 Å². The van der Waals surface area contributed by atoms with Gasteiger partial charge in [0.25, 0.3) is 0 Å². The van der Waals surface area contributed by atoms with Gasteiger partial charge in [0.2, 0.25) is 5.91 Å². The largest absolute Gasteiger partial charge is 0.506 e. The summed E-state index contributed by atoms with van der Waals surface area (Å²) in [5.41, 5.74) is 6.36. The maximum Gasteiger partial charge on any atom is 0.225 e. The van der Waals surface area contributed by atoms with Crippen molar-refractivity contribution in [3.05, 3.63) is 24.3 Å². The lowest BCUT2D eigenvalue weighted by molar-refractivity contribution is -0.133. The first kappa shape index (κ1) is 15.6. The van der Waals surface area contributed by atoms with Gasteiger partial charge in [-0.25, -0.2) is 0 Å². The molecule has 1 aromatic rings. The number of hydrogen-bond acceptors (Lipinski definition) is 5. The van der Waals surface area contributed by atoms with Crippen molar-refractivity contribution in [3.63, 3.8) is 0 Å². The first-order valence-corrected chi connectivity index (χ1v) is 7.19. The number of nitrogens with zero attached hydrogens (tertiary/aromatic N) is 2. The molecule has 1 aliphatic heterocycles. The van der Waals surface area contributed by atoms with Crippen molar-refractivity contribution in [3.8, 4) is 5.75 Å². The van der Waals surface area contributed by atoms with Crippen LogP contribution in [0.5, 0.6) is 5.75 Å². The number of nitrogens with two attached hydrogens (primary N) is 1. The molecule has 0 aliphatic carbocycles. The van der Waals surface area contributed by atoms with Gasteiger partial charge in [0.05, 0.1) is 18.2 Å². The molecule has 0 aromatic heterocycles. The van der Waals surface area contributed by atoms with Crippen molar-refractivity contribution in [1.29, 1.82) is 0 Å². The van der Waals surface area contributed by atoms with Gasteiger partial charge in [-0.3, -0.25) is 4.79 Å². The van der Waals surface area contributed by atoms with E-state index in [4.69, 9.17) is 10.5 Å². The van der Waals surface area contributed by atoms with E-state index in [1.807, 2.05) is 17.0 Å². The average Bonchev–Trinajstić information content (AvgIpc) is 2.53. The van der Waals surface area contributed by atoms with E-state index in [-0.39, 0.29) is 17.8 Å². The third-order valence-corrected chi connectivity index (χ3v) is 3.85. The van der Waals surface area contributed by atoms with E-state index in [0.29, 0.717) is 39.1 Å². The standard InChI is InChI=1S/C15H23N3O3/c1-21-12(11-16)10-15(20)18-8-6-17(7-9-18)13-4-2-3-5-14(13)19/h2-5,12,19H,6-11,16H2,1H3. The van der Waals surface area contributed by atoms with Gasteiger partial charge in [-0.15, -0.1) is 0 Å². The molecule has 1 saturated heterocycles. The molecular weight excluding hydrogens is 270 g/mol. The minimum Gasteiger partial charge on any atom is -0.506 e. The van der Waals surface area contributed by atoms with Crippen LogP contribution in [-0.2, 0) is 9.53 Å². The van der Waals surface area contributed by atoms with Gasteiger partial charge in [0, 0.05) is 39.8 Å². The smallest absolute Gasteiger partial charge is 0.225 e. The second kappa shape index (κ2) is 7.28. The third kappa shape index (κ3) is 3.86. The van der Waals surface area contributed by atoms with Crippen LogP contribution >= 0.6 is 0 Å². The highest BCUT2D eigenvalue weighted by Gasteiger charge is 2.24. The average molecular weight is 293 g/mol. The zero-order valence-electron chi connectivity index (χ0n) is 12.4. The number of rotatable bonds is 5. The van der Waals surface area contributed by atoms with E-state index >= 15 is 0 Å². The van der Waals surface area contributed by atoms with Crippen molar-refractivity contribution in [2.45, 2.75) is 12.5 Å². The van der Waals surface area contributed by atoms with Gasteiger partial charge >= 0.3 is 0 Å². The Morgan fingerprint density at radius 3 is 2.57 bits per heavy atom. The predicted molar refractivity (Wildman–Crippen MR) is 81.4 cm³/mol. The summed E-state index contributed by atoms with van der Waals surface area (Å²) < 4.78 is 5.15. The number of benzene rings is 1. The van der Waals surface area contributed by atoms with E-state index in [9.17, 15) is 9.90 Å². The van der Waals surface area contributed by atoms with Crippen LogP contribution in [0.3, 0.4) is 0 Å². The SMILES string of the molecule is COC(CN)CC(=O)N1CCN(c2ccccc2O)CC1. The zero-order chi connectivity index (χ0) is 15.2. The van der Waals surface area contributed by atoms with Gasteiger partial charge in [0.1, 0.15) is 5.75 Å². The molecule has 0 saturated carbocycles. The fraction of sp³-hybridized carbons (Fsp3) is 0.533. The first-order chi connectivity index (χ1) is 10.2. The maximum absolute atomic E-state index is 12.2. The normalized spacial score (nSPS) is 16.9. The van der Waals surface area contributed by atoms with Crippen LogP contribution in [0.1, 0.15) is 6.42 Å².